The number of nitrogens with one attached hydrogen (secondary N) is 1. The summed E-state index contributed by atoms with van der Waals surface area (Å²) in [5.41, 5.74) is 2.61. The van der Waals surface area contributed by atoms with Gasteiger partial charge in [-0.3, -0.25) is 0 Å². The molecule has 0 amide bonds. The molecule has 0 unspecified atom stereocenters. The molecule has 0 aliphatic carbocycles. The molecule has 0 atom stereocenters. The number of nitriles is 1. The molecule has 1 N–H and O–H groups in total. The molecule has 0 heterocycles. The van der Waals surface area contributed by atoms with E-state index in [-0.39, 0.29) is 0 Å². The molecule has 0 aromatic heterocycles. The summed E-state index contributed by atoms with van der Waals surface area (Å²) in [6.45, 7) is 0.622. The monoisotopic (exact) mass is 284 g/mol. The zero-order valence-electron chi connectivity index (χ0n) is 11.5. The van der Waals surface area contributed by atoms with Gasteiger partial charge < -0.3 is 10.1 Å². The maximum Gasteiger partial charge on any atom is 0.123 e. The Morgan fingerprint density at radius 3 is 2.70 bits per heavy atom. The summed E-state index contributed by atoms with van der Waals surface area (Å²) in [5, 5.41) is 12.6. The fourth-order valence-corrected chi connectivity index (χ4v) is 2.58. The molecule has 2 aromatic carbocycles. The lowest BCUT2D eigenvalue weighted by Crippen LogP contribution is -2.03. The third-order valence-electron chi connectivity index (χ3n) is 3.02. The molecule has 0 bridgehead atoms. The van der Waals surface area contributed by atoms with Crippen LogP contribution in [0.2, 0.25) is 0 Å². The van der Waals surface area contributed by atoms with Crippen LogP contribution in [0.25, 0.3) is 0 Å². The molecule has 3 nitrogen and oxygen atoms in total. The minimum Gasteiger partial charge on any atom is -0.496 e. The molecule has 20 heavy (non-hydrogen) atoms. The predicted octanol–water partition coefficient (Wildman–Crippen LogP) is 3.90. The van der Waals surface area contributed by atoms with E-state index < -0.39 is 0 Å². The topological polar surface area (TPSA) is 45.0 Å². The van der Waals surface area contributed by atoms with Gasteiger partial charge in [-0.25, -0.2) is 0 Å². The van der Waals surface area contributed by atoms with E-state index in [4.69, 9.17) is 4.74 Å². The SMILES string of the molecule is COc1ccccc1CNc1cccc(SC)c1C#N. The number of thioether (sulfide) groups is 1. The summed E-state index contributed by atoms with van der Waals surface area (Å²) in [7, 11) is 1.66. The van der Waals surface area contributed by atoms with Crippen molar-refractivity contribution >= 4 is 17.4 Å². The summed E-state index contributed by atoms with van der Waals surface area (Å²) in [6, 6.07) is 16.0. The van der Waals surface area contributed by atoms with E-state index in [1.807, 2.05) is 48.7 Å². The van der Waals surface area contributed by atoms with Crippen LogP contribution in [0.5, 0.6) is 5.75 Å². The van der Waals surface area contributed by atoms with Gasteiger partial charge in [-0.05, 0) is 24.5 Å². The van der Waals surface area contributed by atoms with Crippen molar-refractivity contribution in [1.82, 2.24) is 0 Å². The summed E-state index contributed by atoms with van der Waals surface area (Å²) in [5.74, 6) is 0.847. The van der Waals surface area contributed by atoms with E-state index in [1.54, 1.807) is 18.9 Å². The Labute approximate surface area is 123 Å². The lowest BCUT2D eigenvalue weighted by Gasteiger charge is -2.12. The van der Waals surface area contributed by atoms with Crippen molar-refractivity contribution in [3.8, 4) is 11.8 Å². The largest absolute Gasteiger partial charge is 0.496 e. The van der Waals surface area contributed by atoms with Crippen LogP contribution in [0.15, 0.2) is 47.4 Å². The molecule has 0 saturated heterocycles. The van der Waals surface area contributed by atoms with Crippen LogP contribution in [-0.4, -0.2) is 13.4 Å². The van der Waals surface area contributed by atoms with Gasteiger partial charge in [0.05, 0.1) is 18.4 Å². The Balaban J connectivity index is 2.21. The Kier molecular flexibility index (Phi) is 4.91. The second-order valence-electron chi connectivity index (χ2n) is 4.16. The van der Waals surface area contributed by atoms with Crippen LogP contribution in [0.1, 0.15) is 11.1 Å². The molecule has 0 radical (unpaired) electrons. The highest BCUT2D eigenvalue weighted by molar-refractivity contribution is 7.98. The first-order valence-electron chi connectivity index (χ1n) is 6.23. The van der Waals surface area contributed by atoms with E-state index in [1.165, 1.54) is 0 Å². The van der Waals surface area contributed by atoms with Gasteiger partial charge in [-0.1, -0.05) is 24.3 Å². The predicted molar refractivity (Wildman–Crippen MR) is 83.3 cm³/mol. The fraction of sp³-hybridized carbons (Fsp3) is 0.188. The number of benzene rings is 2. The van der Waals surface area contributed by atoms with Gasteiger partial charge in [0, 0.05) is 17.0 Å². The van der Waals surface area contributed by atoms with Crippen LogP contribution in [0, 0.1) is 11.3 Å². The third-order valence-corrected chi connectivity index (χ3v) is 3.80. The van der Waals surface area contributed by atoms with Gasteiger partial charge >= 0.3 is 0 Å². The quantitative estimate of drug-likeness (QED) is 0.846. The van der Waals surface area contributed by atoms with E-state index in [9.17, 15) is 5.26 Å². The molecule has 0 spiro atoms. The van der Waals surface area contributed by atoms with Gasteiger partial charge in [-0.2, -0.15) is 5.26 Å². The summed E-state index contributed by atoms with van der Waals surface area (Å²) >= 11 is 1.58. The van der Waals surface area contributed by atoms with Crippen LogP contribution >= 0.6 is 11.8 Å². The zero-order chi connectivity index (χ0) is 14.4. The average molecular weight is 284 g/mol. The van der Waals surface area contributed by atoms with Crippen LogP contribution < -0.4 is 10.1 Å². The van der Waals surface area contributed by atoms with Crippen LogP contribution in [-0.2, 0) is 6.54 Å². The molecular weight excluding hydrogens is 268 g/mol. The smallest absolute Gasteiger partial charge is 0.123 e. The standard InChI is InChI=1S/C16H16N2OS/c1-19-15-8-4-3-6-12(15)11-18-14-7-5-9-16(20-2)13(14)10-17/h3-9,18H,11H2,1-2H3. The molecule has 4 heteroatoms. The highest BCUT2D eigenvalue weighted by Gasteiger charge is 2.08. The van der Waals surface area contributed by atoms with Gasteiger partial charge in [0.15, 0.2) is 0 Å². The highest BCUT2D eigenvalue weighted by Crippen LogP contribution is 2.27. The summed E-state index contributed by atoms with van der Waals surface area (Å²) in [4.78, 5) is 0.984. The first-order valence-corrected chi connectivity index (χ1v) is 7.45. The van der Waals surface area contributed by atoms with E-state index in [0.717, 1.165) is 21.9 Å². The van der Waals surface area contributed by atoms with Crippen molar-refractivity contribution in [3.63, 3.8) is 0 Å². The van der Waals surface area contributed by atoms with Gasteiger partial charge in [0.25, 0.3) is 0 Å². The minimum atomic E-state index is 0.622. The second kappa shape index (κ2) is 6.88. The van der Waals surface area contributed by atoms with Crippen molar-refractivity contribution < 1.29 is 4.74 Å². The molecule has 0 aliphatic heterocycles. The van der Waals surface area contributed by atoms with Crippen molar-refractivity contribution in [1.29, 1.82) is 5.26 Å². The molecule has 0 saturated carbocycles. The Morgan fingerprint density at radius 2 is 2.00 bits per heavy atom. The average Bonchev–Trinajstić information content (AvgIpc) is 2.52. The Bertz CT molecular complexity index is 635. The molecule has 102 valence electrons. The number of rotatable bonds is 5. The maximum atomic E-state index is 9.30. The lowest BCUT2D eigenvalue weighted by atomic mass is 10.1. The van der Waals surface area contributed by atoms with Gasteiger partial charge in [-0.15, -0.1) is 11.8 Å². The van der Waals surface area contributed by atoms with Gasteiger partial charge in [0.1, 0.15) is 11.8 Å². The summed E-state index contributed by atoms with van der Waals surface area (Å²) in [6.07, 6.45) is 1.97. The molecule has 0 aliphatic rings. The van der Waals surface area contributed by atoms with Crippen molar-refractivity contribution in [2.75, 3.05) is 18.7 Å². The van der Waals surface area contributed by atoms with Crippen molar-refractivity contribution in [2.45, 2.75) is 11.4 Å². The number of hydrogen-bond donors (Lipinski definition) is 1. The highest BCUT2D eigenvalue weighted by atomic mass is 32.2. The zero-order valence-corrected chi connectivity index (χ0v) is 12.3. The minimum absolute atomic E-state index is 0.622. The number of anilines is 1. The lowest BCUT2D eigenvalue weighted by molar-refractivity contribution is 0.410. The first kappa shape index (κ1) is 14.3. The number of nitrogens with zero attached hydrogens (tertiary/aromatic N) is 1. The molecule has 2 rings (SSSR count). The number of ether oxygens (including phenoxy) is 1. The number of para-hydroxylation sites is 1. The van der Waals surface area contributed by atoms with Crippen molar-refractivity contribution in [3.05, 3.63) is 53.6 Å². The normalized spacial score (nSPS) is 9.85. The van der Waals surface area contributed by atoms with Crippen LogP contribution in [0.4, 0.5) is 5.69 Å². The maximum absolute atomic E-state index is 9.30. The third kappa shape index (κ3) is 3.06. The van der Waals surface area contributed by atoms with E-state index in [2.05, 4.69) is 11.4 Å². The molecule has 2 aromatic rings. The number of hydrogen-bond acceptors (Lipinski definition) is 4. The van der Waals surface area contributed by atoms with Crippen molar-refractivity contribution in [2.24, 2.45) is 0 Å². The number of methoxy groups -OCH3 is 1. The fourth-order valence-electron chi connectivity index (χ4n) is 2.00. The Morgan fingerprint density at radius 1 is 1.20 bits per heavy atom. The summed E-state index contributed by atoms with van der Waals surface area (Å²) < 4.78 is 5.33. The van der Waals surface area contributed by atoms with E-state index >= 15 is 0 Å². The second-order valence-corrected chi connectivity index (χ2v) is 5.01. The Hall–Kier alpha value is -2.12. The first-order chi connectivity index (χ1) is 9.80. The van der Waals surface area contributed by atoms with E-state index in [0.29, 0.717) is 12.1 Å². The molecular formula is C16H16N2OS. The molecule has 0 fully saturated rings. The van der Waals surface area contributed by atoms with Crippen LogP contribution in [0.3, 0.4) is 0 Å². The van der Waals surface area contributed by atoms with Gasteiger partial charge in [0.2, 0.25) is 0 Å².